The lowest BCUT2D eigenvalue weighted by Crippen LogP contribution is -2.49. The molecule has 1 aromatic carbocycles. The molecule has 162 valence electrons. The van der Waals surface area contributed by atoms with Crippen molar-refractivity contribution in [3.05, 3.63) is 71.5 Å². The van der Waals surface area contributed by atoms with Gasteiger partial charge in [-0.25, -0.2) is 23.9 Å². The standard InChI is InChI=1S/C21H22N4O5S/c1-21(20(27)24-28,31(2,29)30)9-12-25-11-8-17(13-19(25)26)15-3-5-16(6-4-15)18-7-10-22-14-23-18/h3-8,10-11,13-14,28H,9,12H2,1-2H3,(H,24,27). The summed E-state index contributed by atoms with van der Waals surface area (Å²) in [5.74, 6) is -1.04. The van der Waals surface area contributed by atoms with Gasteiger partial charge < -0.3 is 4.57 Å². The number of nitrogens with zero attached hydrogens (tertiary/aromatic N) is 3. The highest BCUT2D eigenvalue weighted by molar-refractivity contribution is 7.92. The number of sulfone groups is 1. The second-order valence-corrected chi connectivity index (χ2v) is 9.76. The molecule has 1 atom stereocenters. The van der Waals surface area contributed by atoms with Crippen molar-refractivity contribution >= 4 is 15.7 Å². The van der Waals surface area contributed by atoms with E-state index in [1.807, 2.05) is 24.3 Å². The molecule has 0 aliphatic rings. The van der Waals surface area contributed by atoms with Crippen molar-refractivity contribution in [2.75, 3.05) is 6.26 Å². The van der Waals surface area contributed by atoms with Crippen molar-refractivity contribution in [1.82, 2.24) is 20.0 Å². The predicted octanol–water partition coefficient (Wildman–Crippen LogP) is 1.67. The Labute approximate surface area is 179 Å². The van der Waals surface area contributed by atoms with E-state index < -0.39 is 20.5 Å². The molecule has 9 nitrogen and oxygen atoms in total. The summed E-state index contributed by atoms with van der Waals surface area (Å²) in [5, 5.41) is 8.90. The zero-order chi connectivity index (χ0) is 22.6. The smallest absolute Gasteiger partial charge is 0.264 e. The highest BCUT2D eigenvalue weighted by Crippen LogP contribution is 2.24. The first-order valence-electron chi connectivity index (χ1n) is 9.37. The molecule has 10 heteroatoms. The molecule has 2 N–H and O–H groups in total. The molecule has 0 aliphatic carbocycles. The Morgan fingerprint density at radius 1 is 1.13 bits per heavy atom. The van der Waals surface area contributed by atoms with Crippen molar-refractivity contribution in [2.45, 2.75) is 24.6 Å². The van der Waals surface area contributed by atoms with Crippen LogP contribution in [-0.2, 0) is 21.2 Å². The zero-order valence-corrected chi connectivity index (χ0v) is 17.8. The van der Waals surface area contributed by atoms with Gasteiger partial charge in [0.1, 0.15) is 6.33 Å². The maximum Gasteiger partial charge on any atom is 0.264 e. The first-order chi connectivity index (χ1) is 14.7. The van der Waals surface area contributed by atoms with Crippen LogP contribution < -0.4 is 11.0 Å². The fourth-order valence-corrected chi connectivity index (χ4v) is 3.93. The van der Waals surface area contributed by atoms with Gasteiger partial charge in [0.05, 0.1) is 5.69 Å². The quantitative estimate of drug-likeness (QED) is 0.420. The van der Waals surface area contributed by atoms with Crippen molar-refractivity contribution in [2.24, 2.45) is 0 Å². The summed E-state index contributed by atoms with van der Waals surface area (Å²) in [4.78, 5) is 32.6. The number of amides is 1. The van der Waals surface area contributed by atoms with Gasteiger partial charge in [-0.1, -0.05) is 24.3 Å². The fourth-order valence-electron chi connectivity index (χ4n) is 3.09. The fraction of sp³-hybridized carbons (Fsp3) is 0.238. The molecule has 0 aliphatic heterocycles. The number of aryl methyl sites for hydroxylation is 1. The molecule has 3 rings (SSSR count). The van der Waals surface area contributed by atoms with Gasteiger partial charge >= 0.3 is 0 Å². The third-order valence-electron chi connectivity index (χ3n) is 5.32. The minimum Gasteiger partial charge on any atom is -0.315 e. The highest BCUT2D eigenvalue weighted by atomic mass is 32.2. The van der Waals surface area contributed by atoms with Gasteiger partial charge in [0, 0.05) is 36.8 Å². The van der Waals surface area contributed by atoms with Crippen LogP contribution in [0.5, 0.6) is 0 Å². The van der Waals surface area contributed by atoms with E-state index in [1.54, 1.807) is 24.5 Å². The van der Waals surface area contributed by atoms with E-state index >= 15 is 0 Å². The molecule has 1 amide bonds. The van der Waals surface area contributed by atoms with Crippen LogP contribution >= 0.6 is 0 Å². The van der Waals surface area contributed by atoms with Crippen molar-refractivity contribution < 1.29 is 18.4 Å². The monoisotopic (exact) mass is 442 g/mol. The number of hydrogen-bond acceptors (Lipinski definition) is 7. The van der Waals surface area contributed by atoms with Crippen molar-refractivity contribution in [3.63, 3.8) is 0 Å². The van der Waals surface area contributed by atoms with E-state index in [1.165, 1.54) is 29.4 Å². The number of carbonyl (C=O) groups excluding carboxylic acids is 1. The number of benzene rings is 1. The van der Waals surface area contributed by atoms with Crippen LogP contribution in [0.15, 0.2) is 66.0 Å². The summed E-state index contributed by atoms with van der Waals surface area (Å²) in [6.07, 6.45) is 5.43. The third-order valence-corrected chi connectivity index (χ3v) is 7.35. The van der Waals surface area contributed by atoms with Crippen LogP contribution in [0.1, 0.15) is 13.3 Å². The Morgan fingerprint density at radius 3 is 2.35 bits per heavy atom. The topological polar surface area (TPSA) is 131 Å². The molecule has 0 spiro atoms. The summed E-state index contributed by atoms with van der Waals surface area (Å²) in [7, 11) is -3.83. The predicted molar refractivity (Wildman–Crippen MR) is 115 cm³/mol. The van der Waals surface area contributed by atoms with Crippen LogP contribution in [0.3, 0.4) is 0 Å². The van der Waals surface area contributed by atoms with E-state index in [-0.39, 0.29) is 18.5 Å². The largest absolute Gasteiger partial charge is 0.315 e. The summed E-state index contributed by atoms with van der Waals surface area (Å²) in [6, 6.07) is 12.5. The molecular weight excluding hydrogens is 420 g/mol. The summed E-state index contributed by atoms with van der Waals surface area (Å²) >= 11 is 0. The van der Waals surface area contributed by atoms with E-state index in [2.05, 4.69) is 9.97 Å². The molecule has 0 saturated heterocycles. The molecule has 3 aromatic rings. The molecule has 0 fully saturated rings. The lowest BCUT2D eigenvalue weighted by Gasteiger charge is -2.25. The Kier molecular flexibility index (Phi) is 6.32. The Morgan fingerprint density at radius 2 is 1.81 bits per heavy atom. The van der Waals surface area contributed by atoms with Crippen molar-refractivity contribution in [1.29, 1.82) is 0 Å². The Balaban J connectivity index is 1.80. The lowest BCUT2D eigenvalue weighted by atomic mass is 10.0. The lowest BCUT2D eigenvalue weighted by molar-refractivity contribution is -0.131. The molecule has 2 heterocycles. The number of aromatic nitrogens is 3. The van der Waals surface area contributed by atoms with Crippen LogP contribution in [0.25, 0.3) is 22.4 Å². The average molecular weight is 442 g/mol. The molecule has 31 heavy (non-hydrogen) atoms. The molecule has 0 bridgehead atoms. The van der Waals surface area contributed by atoms with Crippen LogP contribution in [0.2, 0.25) is 0 Å². The maximum atomic E-state index is 12.6. The normalized spacial score (nSPS) is 13.4. The molecule has 0 saturated carbocycles. The van der Waals surface area contributed by atoms with Gasteiger partial charge in [0.15, 0.2) is 14.6 Å². The molecule has 1 unspecified atom stereocenters. The van der Waals surface area contributed by atoms with E-state index in [0.717, 1.165) is 23.1 Å². The second-order valence-electron chi connectivity index (χ2n) is 7.31. The number of carbonyl (C=O) groups is 1. The number of pyridine rings is 1. The Bertz CT molecular complexity index is 1240. The summed E-state index contributed by atoms with van der Waals surface area (Å²) < 4.78 is 23.6. The van der Waals surface area contributed by atoms with E-state index in [4.69, 9.17) is 5.21 Å². The Hall–Kier alpha value is -3.37. The van der Waals surface area contributed by atoms with E-state index in [9.17, 15) is 18.0 Å². The van der Waals surface area contributed by atoms with Gasteiger partial charge in [0.25, 0.3) is 11.5 Å². The van der Waals surface area contributed by atoms with Crippen LogP contribution in [-0.4, -0.2) is 45.1 Å². The first kappa shape index (κ1) is 22.3. The number of rotatable bonds is 7. The number of hydroxylamine groups is 1. The van der Waals surface area contributed by atoms with Gasteiger partial charge in [0.2, 0.25) is 0 Å². The van der Waals surface area contributed by atoms with E-state index in [0.29, 0.717) is 5.56 Å². The summed E-state index contributed by atoms with van der Waals surface area (Å²) in [6.45, 7) is 1.20. The van der Waals surface area contributed by atoms with Gasteiger partial charge in [-0.05, 0) is 36.6 Å². The van der Waals surface area contributed by atoms with Crippen LogP contribution in [0.4, 0.5) is 0 Å². The first-order valence-corrected chi connectivity index (χ1v) is 11.3. The minimum absolute atomic E-state index is 0.0112. The molecular formula is C21H22N4O5S. The second kappa shape index (κ2) is 8.78. The third kappa shape index (κ3) is 4.70. The van der Waals surface area contributed by atoms with Gasteiger partial charge in [-0.15, -0.1) is 0 Å². The summed E-state index contributed by atoms with van der Waals surface area (Å²) in [5.41, 5.74) is 4.31. The minimum atomic E-state index is -3.83. The SMILES string of the molecule is CC(CCn1ccc(-c2ccc(-c3ccncn3)cc2)cc1=O)(C(=O)NO)S(C)(=O)=O. The zero-order valence-electron chi connectivity index (χ0n) is 17.0. The number of nitrogens with one attached hydrogen (secondary N) is 1. The highest BCUT2D eigenvalue weighted by Gasteiger charge is 2.43. The average Bonchev–Trinajstić information content (AvgIpc) is 2.77. The van der Waals surface area contributed by atoms with Crippen molar-refractivity contribution in [3.8, 4) is 22.4 Å². The number of hydrogen-bond donors (Lipinski definition) is 2. The van der Waals surface area contributed by atoms with Gasteiger partial charge in [-0.3, -0.25) is 14.8 Å². The van der Waals surface area contributed by atoms with Gasteiger partial charge in [-0.2, -0.15) is 0 Å². The maximum absolute atomic E-state index is 12.6. The molecule has 2 aromatic heterocycles. The van der Waals surface area contributed by atoms with Crippen LogP contribution in [0, 0.1) is 0 Å². The molecule has 0 radical (unpaired) electrons.